The molecule has 0 saturated carbocycles. The van der Waals surface area contributed by atoms with Gasteiger partial charge in [0, 0.05) is 11.9 Å². The molecule has 0 amide bonds. The van der Waals surface area contributed by atoms with E-state index in [9.17, 15) is 0 Å². The number of ether oxygens (including phenoxy) is 1. The molecule has 1 aromatic rings. The SMILES string of the molecule is C=Cc1cccc(COCCCCCCCCCCCCBr)n1. The Kier molecular flexibility index (Phi) is 13.2. The van der Waals surface area contributed by atoms with Crippen LogP contribution in [-0.4, -0.2) is 16.9 Å². The van der Waals surface area contributed by atoms with E-state index in [1.54, 1.807) is 6.08 Å². The van der Waals surface area contributed by atoms with Crippen molar-refractivity contribution in [3.8, 4) is 0 Å². The number of pyridine rings is 1. The molecule has 23 heavy (non-hydrogen) atoms. The van der Waals surface area contributed by atoms with E-state index in [0.29, 0.717) is 6.61 Å². The molecule has 0 spiro atoms. The van der Waals surface area contributed by atoms with Crippen LogP contribution in [0.2, 0.25) is 0 Å². The minimum atomic E-state index is 0.607. The first-order valence-corrected chi connectivity index (χ1v) is 10.2. The van der Waals surface area contributed by atoms with E-state index in [2.05, 4.69) is 27.5 Å². The lowest BCUT2D eigenvalue weighted by Crippen LogP contribution is -1.98. The van der Waals surface area contributed by atoms with Gasteiger partial charge in [-0.2, -0.15) is 0 Å². The van der Waals surface area contributed by atoms with Crippen molar-refractivity contribution in [1.82, 2.24) is 4.98 Å². The Morgan fingerprint density at radius 3 is 2.13 bits per heavy atom. The molecule has 1 rings (SSSR count). The highest BCUT2D eigenvalue weighted by Gasteiger charge is 1.97. The summed E-state index contributed by atoms with van der Waals surface area (Å²) < 4.78 is 5.70. The van der Waals surface area contributed by atoms with Crippen LogP contribution in [0.4, 0.5) is 0 Å². The Morgan fingerprint density at radius 1 is 0.913 bits per heavy atom. The Bertz CT molecular complexity index is 408. The molecule has 0 fully saturated rings. The molecule has 1 aromatic heterocycles. The van der Waals surface area contributed by atoms with Gasteiger partial charge in [-0.3, -0.25) is 4.98 Å². The number of unbranched alkanes of at least 4 members (excludes halogenated alkanes) is 9. The summed E-state index contributed by atoms with van der Waals surface area (Å²) in [6.07, 6.45) is 15.3. The van der Waals surface area contributed by atoms with Crippen LogP contribution < -0.4 is 0 Å². The zero-order valence-electron chi connectivity index (χ0n) is 14.4. The van der Waals surface area contributed by atoms with Crippen LogP contribution in [0.3, 0.4) is 0 Å². The van der Waals surface area contributed by atoms with Crippen LogP contribution in [0.15, 0.2) is 24.8 Å². The maximum Gasteiger partial charge on any atom is 0.0888 e. The van der Waals surface area contributed by atoms with E-state index < -0.39 is 0 Å². The fraction of sp³-hybridized carbons (Fsp3) is 0.650. The summed E-state index contributed by atoms with van der Waals surface area (Å²) in [6.45, 7) is 5.18. The topological polar surface area (TPSA) is 22.1 Å². The van der Waals surface area contributed by atoms with Gasteiger partial charge in [-0.15, -0.1) is 0 Å². The van der Waals surface area contributed by atoms with Gasteiger partial charge in [-0.25, -0.2) is 0 Å². The molecule has 0 bridgehead atoms. The van der Waals surface area contributed by atoms with E-state index in [1.807, 2.05) is 18.2 Å². The van der Waals surface area contributed by atoms with Gasteiger partial charge in [0.15, 0.2) is 0 Å². The lowest BCUT2D eigenvalue weighted by molar-refractivity contribution is 0.114. The summed E-state index contributed by atoms with van der Waals surface area (Å²) in [5.74, 6) is 0. The highest BCUT2D eigenvalue weighted by molar-refractivity contribution is 9.09. The van der Waals surface area contributed by atoms with Crippen LogP contribution in [-0.2, 0) is 11.3 Å². The molecule has 0 atom stereocenters. The first kappa shape index (κ1) is 20.4. The molecule has 0 aliphatic carbocycles. The maximum absolute atomic E-state index is 5.70. The standard InChI is InChI=1S/C20H32BrNO/c1-2-19-14-13-15-20(22-19)18-23-17-12-10-8-6-4-3-5-7-9-11-16-21/h2,13-15H,1,3-12,16-18H2. The number of halogens is 1. The van der Waals surface area contributed by atoms with E-state index in [0.717, 1.165) is 29.7 Å². The molecule has 0 saturated heterocycles. The largest absolute Gasteiger partial charge is 0.375 e. The Balaban J connectivity index is 1.85. The quantitative estimate of drug-likeness (QED) is 0.254. The minimum absolute atomic E-state index is 0.607. The van der Waals surface area contributed by atoms with E-state index >= 15 is 0 Å². The van der Waals surface area contributed by atoms with Gasteiger partial charge in [-0.1, -0.05) is 79.9 Å². The molecule has 2 nitrogen and oxygen atoms in total. The second kappa shape index (κ2) is 14.9. The number of hydrogen-bond acceptors (Lipinski definition) is 2. The van der Waals surface area contributed by atoms with Crippen molar-refractivity contribution < 1.29 is 4.74 Å². The van der Waals surface area contributed by atoms with Crippen molar-refractivity contribution in [2.45, 2.75) is 70.8 Å². The highest BCUT2D eigenvalue weighted by atomic mass is 79.9. The lowest BCUT2D eigenvalue weighted by atomic mass is 10.1. The van der Waals surface area contributed by atoms with Crippen molar-refractivity contribution in [2.75, 3.05) is 11.9 Å². The molecule has 0 radical (unpaired) electrons. The Morgan fingerprint density at radius 2 is 1.52 bits per heavy atom. The lowest BCUT2D eigenvalue weighted by Gasteiger charge is -2.05. The molecule has 0 unspecified atom stereocenters. The van der Waals surface area contributed by atoms with Crippen LogP contribution in [0.1, 0.15) is 75.6 Å². The van der Waals surface area contributed by atoms with Crippen LogP contribution >= 0.6 is 15.9 Å². The third-order valence-corrected chi connectivity index (χ3v) is 4.52. The van der Waals surface area contributed by atoms with Crippen molar-refractivity contribution in [3.05, 3.63) is 36.2 Å². The monoisotopic (exact) mass is 381 g/mol. The Hall–Kier alpha value is -0.670. The van der Waals surface area contributed by atoms with Crippen molar-refractivity contribution in [2.24, 2.45) is 0 Å². The summed E-state index contributed by atoms with van der Waals surface area (Å²) in [6, 6.07) is 5.96. The zero-order valence-corrected chi connectivity index (χ0v) is 16.0. The molecule has 3 heteroatoms. The molecule has 0 N–H and O–H groups in total. The number of hydrogen-bond donors (Lipinski definition) is 0. The third kappa shape index (κ3) is 11.5. The van der Waals surface area contributed by atoms with Gasteiger partial charge < -0.3 is 4.74 Å². The first-order valence-electron chi connectivity index (χ1n) is 9.09. The van der Waals surface area contributed by atoms with Gasteiger partial charge in [0.1, 0.15) is 0 Å². The van der Waals surface area contributed by atoms with Gasteiger partial charge in [0.25, 0.3) is 0 Å². The Labute approximate surface area is 150 Å². The summed E-state index contributed by atoms with van der Waals surface area (Å²) in [4.78, 5) is 4.44. The van der Waals surface area contributed by atoms with Crippen molar-refractivity contribution >= 4 is 22.0 Å². The average molecular weight is 382 g/mol. The van der Waals surface area contributed by atoms with Crippen LogP contribution in [0, 0.1) is 0 Å². The summed E-state index contributed by atoms with van der Waals surface area (Å²) in [5, 5.41) is 1.16. The van der Waals surface area contributed by atoms with Gasteiger partial charge in [0.2, 0.25) is 0 Å². The zero-order chi connectivity index (χ0) is 16.6. The average Bonchev–Trinajstić information content (AvgIpc) is 2.59. The number of nitrogens with zero attached hydrogens (tertiary/aromatic N) is 1. The van der Waals surface area contributed by atoms with E-state index in [1.165, 1.54) is 57.8 Å². The first-order chi connectivity index (χ1) is 11.4. The predicted octanol–water partition coefficient (Wildman–Crippen LogP) is 6.54. The summed E-state index contributed by atoms with van der Waals surface area (Å²) >= 11 is 3.48. The predicted molar refractivity (Wildman–Crippen MR) is 104 cm³/mol. The smallest absolute Gasteiger partial charge is 0.0888 e. The maximum atomic E-state index is 5.70. The summed E-state index contributed by atoms with van der Waals surface area (Å²) in [5.41, 5.74) is 1.90. The van der Waals surface area contributed by atoms with Gasteiger partial charge >= 0.3 is 0 Å². The molecule has 130 valence electrons. The third-order valence-electron chi connectivity index (χ3n) is 3.96. The molecule has 1 heterocycles. The van der Waals surface area contributed by atoms with Crippen LogP contribution in [0.5, 0.6) is 0 Å². The van der Waals surface area contributed by atoms with E-state index in [4.69, 9.17) is 4.74 Å². The number of aromatic nitrogens is 1. The fourth-order valence-electron chi connectivity index (χ4n) is 2.58. The van der Waals surface area contributed by atoms with Gasteiger partial charge in [0.05, 0.1) is 18.0 Å². The molecule has 0 aromatic carbocycles. The second-order valence-corrected chi connectivity index (χ2v) is 6.83. The number of rotatable bonds is 15. The van der Waals surface area contributed by atoms with E-state index in [-0.39, 0.29) is 0 Å². The fourth-order valence-corrected chi connectivity index (χ4v) is 2.98. The van der Waals surface area contributed by atoms with Crippen molar-refractivity contribution in [1.29, 1.82) is 0 Å². The van der Waals surface area contributed by atoms with Gasteiger partial charge in [-0.05, 0) is 31.1 Å². The second-order valence-electron chi connectivity index (χ2n) is 6.04. The normalized spacial score (nSPS) is 10.8. The molecular formula is C20H32BrNO. The summed E-state index contributed by atoms with van der Waals surface area (Å²) in [7, 11) is 0. The molecule has 0 aliphatic rings. The minimum Gasteiger partial charge on any atom is -0.375 e. The van der Waals surface area contributed by atoms with Crippen LogP contribution in [0.25, 0.3) is 6.08 Å². The molecule has 0 aliphatic heterocycles. The highest BCUT2D eigenvalue weighted by Crippen LogP contribution is 2.11. The molecular weight excluding hydrogens is 350 g/mol. The van der Waals surface area contributed by atoms with Crippen molar-refractivity contribution in [3.63, 3.8) is 0 Å². The number of alkyl halides is 1.